The van der Waals surface area contributed by atoms with Crippen molar-refractivity contribution in [1.29, 1.82) is 0 Å². The van der Waals surface area contributed by atoms with E-state index in [1.807, 2.05) is 54.6 Å². The third kappa shape index (κ3) is 3.20. The maximum Gasteiger partial charge on any atom is 0.121 e. The molecule has 0 radical (unpaired) electrons. The summed E-state index contributed by atoms with van der Waals surface area (Å²) < 4.78 is 22.2. The molecule has 3 nitrogen and oxygen atoms in total. The molecule has 4 heteroatoms. The van der Waals surface area contributed by atoms with E-state index in [0.29, 0.717) is 6.61 Å². The van der Waals surface area contributed by atoms with Gasteiger partial charge in [-0.3, -0.25) is 0 Å². The lowest BCUT2D eigenvalue weighted by Crippen LogP contribution is -2.22. The highest BCUT2D eigenvalue weighted by molar-refractivity contribution is 7.95. The first-order valence-corrected chi connectivity index (χ1v) is 8.58. The van der Waals surface area contributed by atoms with Crippen LogP contribution in [0.3, 0.4) is 0 Å². The fourth-order valence-electron chi connectivity index (χ4n) is 2.05. The maximum atomic E-state index is 12.1. The first-order valence-electron chi connectivity index (χ1n) is 6.73. The maximum absolute atomic E-state index is 12.1. The second kappa shape index (κ2) is 5.67. The average molecular weight is 287 g/mol. The monoisotopic (exact) mass is 287 g/mol. The largest absolute Gasteiger partial charge is 0.489 e. The molecule has 0 bridgehead atoms. The first-order chi connectivity index (χ1) is 9.73. The van der Waals surface area contributed by atoms with Crippen molar-refractivity contribution in [2.75, 3.05) is 11.5 Å². The molecule has 20 heavy (non-hydrogen) atoms. The van der Waals surface area contributed by atoms with Crippen LogP contribution in [0.4, 0.5) is 5.69 Å². The van der Waals surface area contributed by atoms with E-state index in [0.717, 1.165) is 34.9 Å². The van der Waals surface area contributed by atoms with Crippen molar-refractivity contribution in [2.45, 2.75) is 13.0 Å². The standard InChI is InChI=1S/C16H17NO2S/c18-20(10-5-11-20)17-15-8-4-9-16(12-15)19-13-14-6-2-1-3-7-14/h1-4,6-9,12H,5,10-11,13H2. The van der Waals surface area contributed by atoms with Crippen molar-refractivity contribution in [3.05, 3.63) is 60.2 Å². The zero-order valence-electron chi connectivity index (χ0n) is 11.2. The highest BCUT2D eigenvalue weighted by Gasteiger charge is 2.19. The van der Waals surface area contributed by atoms with Crippen LogP contribution < -0.4 is 4.74 Å². The highest BCUT2D eigenvalue weighted by Crippen LogP contribution is 2.25. The van der Waals surface area contributed by atoms with Gasteiger partial charge in [-0.05, 0) is 24.1 Å². The molecule has 0 aliphatic carbocycles. The van der Waals surface area contributed by atoms with E-state index in [2.05, 4.69) is 4.36 Å². The van der Waals surface area contributed by atoms with Crippen molar-refractivity contribution in [2.24, 2.45) is 4.36 Å². The molecule has 2 aromatic carbocycles. The van der Waals surface area contributed by atoms with Crippen LogP contribution in [0, 0.1) is 0 Å². The number of nitrogens with zero attached hydrogens (tertiary/aromatic N) is 1. The summed E-state index contributed by atoms with van der Waals surface area (Å²) in [5.41, 5.74) is 1.88. The Balaban J connectivity index is 1.72. The van der Waals surface area contributed by atoms with Crippen LogP contribution in [0.5, 0.6) is 5.75 Å². The van der Waals surface area contributed by atoms with Gasteiger partial charge >= 0.3 is 0 Å². The molecular formula is C16H17NO2S. The van der Waals surface area contributed by atoms with Crippen molar-refractivity contribution >= 4 is 15.4 Å². The van der Waals surface area contributed by atoms with E-state index < -0.39 is 9.73 Å². The summed E-state index contributed by atoms with van der Waals surface area (Å²) in [6.45, 7) is 0.527. The van der Waals surface area contributed by atoms with Crippen molar-refractivity contribution < 1.29 is 8.95 Å². The van der Waals surface area contributed by atoms with Crippen LogP contribution in [0.2, 0.25) is 0 Å². The van der Waals surface area contributed by atoms with Crippen molar-refractivity contribution in [1.82, 2.24) is 0 Å². The normalized spacial score (nSPS) is 16.2. The molecule has 0 saturated carbocycles. The van der Waals surface area contributed by atoms with Gasteiger partial charge in [0.15, 0.2) is 0 Å². The summed E-state index contributed by atoms with van der Waals surface area (Å²) in [5, 5.41) is 0. The van der Waals surface area contributed by atoms with Crippen molar-refractivity contribution in [3.8, 4) is 5.75 Å². The van der Waals surface area contributed by atoms with E-state index in [9.17, 15) is 4.21 Å². The predicted molar refractivity (Wildman–Crippen MR) is 81.8 cm³/mol. The van der Waals surface area contributed by atoms with E-state index >= 15 is 0 Å². The Morgan fingerprint density at radius 2 is 1.85 bits per heavy atom. The fraction of sp³-hybridized carbons (Fsp3) is 0.250. The number of benzene rings is 2. The van der Waals surface area contributed by atoms with Gasteiger partial charge in [-0.2, -0.15) is 4.36 Å². The van der Waals surface area contributed by atoms with Gasteiger partial charge < -0.3 is 4.74 Å². The zero-order chi connectivity index (χ0) is 13.8. The average Bonchev–Trinajstić information content (AvgIpc) is 2.45. The zero-order valence-corrected chi connectivity index (χ0v) is 12.0. The van der Waals surface area contributed by atoms with Crippen molar-refractivity contribution in [3.63, 3.8) is 0 Å². The Bertz CT molecular complexity index is 693. The van der Waals surface area contributed by atoms with Gasteiger partial charge in [-0.1, -0.05) is 36.4 Å². The van der Waals surface area contributed by atoms with E-state index in [1.165, 1.54) is 0 Å². The molecule has 0 N–H and O–H groups in total. The molecule has 0 unspecified atom stereocenters. The predicted octanol–water partition coefficient (Wildman–Crippen LogP) is 3.77. The molecular weight excluding hydrogens is 270 g/mol. The van der Waals surface area contributed by atoms with E-state index in [1.54, 1.807) is 0 Å². The van der Waals surface area contributed by atoms with Gasteiger partial charge in [-0.25, -0.2) is 4.21 Å². The van der Waals surface area contributed by atoms with E-state index in [-0.39, 0.29) is 0 Å². The Morgan fingerprint density at radius 3 is 2.55 bits per heavy atom. The Kier molecular flexibility index (Phi) is 3.74. The lowest BCUT2D eigenvalue weighted by molar-refractivity contribution is 0.306. The lowest BCUT2D eigenvalue weighted by atomic mass is 10.2. The van der Waals surface area contributed by atoms with Gasteiger partial charge in [0.2, 0.25) is 0 Å². The number of rotatable bonds is 4. The molecule has 0 atom stereocenters. The van der Waals surface area contributed by atoms with Gasteiger partial charge in [0.25, 0.3) is 0 Å². The minimum Gasteiger partial charge on any atom is -0.489 e. The summed E-state index contributed by atoms with van der Waals surface area (Å²) in [4.78, 5) is 0. The number of hydrogen-bond acceptors (Lipinski definition) is 3. The van der Waals surface area contributed by atoms with Gasteiger partial charge in [0.1, 0.15) is 12.4 Å². The summed E-state index contributed by atoms with van der Waals surface area (Å²) in [6.07, 6.45) is 1.02. The molecule has 3 rings (SSSR count). The third-order valence-electron chi connectivity index (χ3n) is 3.26. The molecule has 104 valence electrons. The van der Waals surface area contributed by atoms with E-state index in [4.69, 9.17) is 4.74 Å². The smallest absolute Gasteiger partial charge is 0.121 e. The van der Waals surface area contributed by atoms with Crippen LogP contribution in [-0.2, 0) is 16.3 Å². The fourth-order valence-corrected chi connectivity index (χ4v) is 3.51. The Hall–Kier alpha value is -1.81. The van der Waals surface area contributed by atoms with Gasteiger partial charge in [0.05, 0.1) is 15.4 Å². The molecule has 1 saturated heterocycles. The molecule has 1 aliphatic heterocycles. The minimum atomic E-state index is -1.96. The highest BCUT2D eigenvalue weighted by atomic mass is 32.2. The quantitative estimate of drug-likeness (QED) is 0.858. The topological polar surface area (TPSA) is 38.7 Å². The second-order valence-corrected chi connectivity index (χ2v) is 7.44. The lowest BCUT2D eigenvalue weighted by Gasteiger charge is -2.17. The van der Waals surface area contributed by atoms with Crippen LogP contribution in [0.15, 0.2) is 59.0 Å². The molecule has 2 aromatic rings. The second-order valence-electron chi connectivity index (χ2n) is 4.90. The van der Waals surface area contributed by atoms with Gasteiger partial charge in [0, 0.05) is 17.6 Å². The summed E-state index contributed by atoms with van der Waals surface area (Å²) in [5.74, 6) is 2.21. The molecule has 1 heterocycles. The van der Waals surface area contributed by atoms with Crippen LogP contribution >= 0.6 is 0 Å². The first kappa shape index (κ1) is 13.2. The molecule has 1 aliphatic rings. The summed E-state index contributed by atoms with van der Waals surface area (Å²) in [6, 6.07) is 17.5. The summed E-state index contributed by atoms with van der Waals surface area (Å²) >= 11 is 0. The van der Waals surface area contributed by atoms with Crippen LogP contribution in [0.1, 0.15) is 12.0 Å². The minimum absolute atomic E-state index is 0.527. The molecule has 0 aromatic heterocycles. The summed E-state index contributed by atoms with van der Waals surface area (Å²) in [7, 11) is -1.96. The SMILES string of the molecule is O=S1(=Nc2cccc(OCc3ccccc3)c2)CCC1. The number of hydrogen-bond donors (Lipinski definition) is 0. The Labute approximate surface area is 119 Å². The number of ether oxygens (including phenoxy) is 1. The Morgan fingerprint density at radius 1 is 1.05 bits per heavy atom. The molecule has 1 fully saturated rings. The molecule has 0 spiro atoms. The van der Waals surface area contributed by atoms with Gasteiger partial charge in [-0.15, -0.1) is 0 Å². The van der Waals surface area contributed by atoms with Crippen LogP contribution in [0.25, 0.3) is 0 Å². The third-order valence-corrected chi connectivity index (χ3v) is 5.66. The molecule has 0 amide bonds. The van der Waals surface area contributed by atoms with Crippen LogP contribution in [-0.4, -0.2) is 15.7 Å².